The Morgan fingerprint density at radius 1 is 0.900 bits per heavy atom. The summed E-state index contributed by atoms with van der Waals surface area (Å²) in [5, 5.41) is 2.01. The number of nitrogens with two attached hydrogens (primary N) is 2. The van der Waals surface area contributed by atoms with Crippen molar-refractivity contribution in [3.63, 3.8) is 0 Å². The third kappa shape index (κ3) is 2.82. The highest BCUT2D eigenvalue weighted by atomic mass is 19.1. The predicted molar refractivity (Wildman–Crippen MR) is 69.5 cm³/mol. The fourth-order valence-electron chi connectivity index (χ4n) is 1.65. The lowest BCUT2D eigenvalue weighted by molar-refractivity contribution is 0.102. The van der Waals surface area contributed by atoms with E-state index in [1.54, 1.807) is 0 Å². The van der Waals surface area contributed by atoms with Gasteiger partial charge in [0.2, 0.25) is 0 Å². The van der Waals surface area contributed by atoms with E-state index in [-0.39, 0.29) is 16.9 Å². The lowest BCUT2D eigenvalue weighted by atomic mass is 10.1. The van der Waals surface area contributed by atoms with Crippen molar-refractivity contribution in [3.8, 4) is 0 Å². The minimum Gasteiger partial charge on any atom is -0.399 e. The van der Waals surface area contributed by atoms with E-state index in [0.29, 0.717) is 12.1 Å². The fourth-order valence-corrected chi connectivity index (χ4v) is 1.65. The molecule has 0 radical (unpaired) electrons. The zero-order valence-corrected chi connectivity index (χ0v) is 10.1. The molecule has 5 N–H and O–H groups in total. The van der Waals surface area contributed by atoms with Gasteiger partial charge in [-0.1, -0.05) is 0 Å². The second-order valence-electron chi connectivity index (χ2n) is 4.09. The molecule has 0 aliphatic carbocycles. The van der Waals surface area contributed by atoms with Crippen molar-refractivity contribution < 1.29 is 18.0 Å². The van der Waals surface area contributed by atoms with Crippen molar-refractivity contribution in [1.29, 1.82) is 0 Å². The molecular formula is C13H10F3N3O. The molecule has 104 valence electrons. The number of benzene rings is 2. The Labute approximate surface area is 112 Å². The van der Waals surface area contributed by atoms with Crippen molar-refractivity contribution in [3.05, 3.63) is 53.3 Å². The van der Waals surface area contributed by atoms with Crippen LogP contribution < -0.4 is 16.8 Å². The van der Waals surface area contributed by atoms with Crippen LogP contribution in [0.25, 0.3) is 0 Å². The molecule has 0 heterocycles. The molecule has 0 spiro atoms. The number of carbonyl (C=O) groups excluding carboxylic acids is 1. The van der Waals surface area contributed by atoms with Gasteiger partial charge >= 0.3 is 0 Å². The molecule has 0 saturated heterocycles. The van der Waals surface area contributed by atoms with Crippen LogP contribution in [0.1, 0.15) is 10.4 Å². The molecule has 1 amide bonds. The number of anilines is 3. The molecule has 7 heteroatoms. The number of halogens is 3. The Morgan fingerprint density at radius 3 is 1.90 bits per heavy atom. The van der Waals surface area contributed by atoms with Crippen LogP contribution in [0.2, 0.25) is 0 Å². The first-order valence-corrected chi connectivity index (χ1v) is 5.49. The van der Waals surface area contributed by atoms with Gasteiger partial charge in [0.1, 0.15) is 11.5 Å². The first-order valence-electron chi connectivity index (χ1n) is 5.49. The Kier molecular flexibility index (Phi) is 3.51. The predicted octanol–water partition coefficient (Wildman–Crippen LogP) is 2.52. The van der Waals surface area contributed by atoms with Crippen molar-refractivity contribution in [2.45, 2.75) is 0 Å². The maximum absolute atomic E-state index is 13.4. The first-order chi connectivity index (χ1) is 9.36. The van der Waals surface area contributed by atoms with E-state index in [2.05, 4.69) is 0 Å². The maximum atomic E-state index is 13.4. The van der Waals surface area contributed by atoms with Crippen LogP contribution in [0.5, 0.6) is 0 Å². The summed E-state index contributed by atoms with van der Waals surface area (Å²) in [6.45, 7) is 0. The van der Waals surface area contributed by atoms with Gasteiger partial charge in [0.25, 0.3) is 5.91 Å². The summed E-state index contributed by atoms with van der Waals surface area (Å²) < 4.78 is 39.6. The van der Waals surface area contributed by atoms with Crippen LogP contribution >= 0.6 is 0 Å². The topological polar surface area (TPSA) is 81.1 Å². The van der Waals surface area contributed by atoms with Gasteiger partial charge in [-0.2, -0.15) is 0 Å². The number of amides is 1. The van der Waals surface area contributed by atoms with E-state index in [9.17, 15) is 18.0 Å². The summed E-state index contributed by atoms with van der Waals surface area (Å²) >= 11 is 0. The zero-order chi connectivity index (χ0) is 14.9. The Bertz CT molecular complexity index is 645. The molecule has 0 aliphatic heterocycles. The number of rotatable bonds is 2. The summed E-state index contributed by atoms with van der Waals surface area (Å²) in [5.74, 6) is -4.32. The van der Waals surface area contributed by atoms with Gasteiger partial charge in [0, 0.05) is 29.1 Å². The van der Waals surface area contributed by atoms with Gasteiger partial charge < -0.3 is 16.8 Å². The zero-order valence-electron chi connectivity index (χ0n) is 10.1. The van der Waals surface area contributed by atoms with Crippen molar-refractivity contribution in [2.24, 2.45) is 0 Å². The maximum Gasteiger partial charge on any atom is 0.255 e. The second kappa shape index (κ2) is 5.12. The van der Waals surface area contributed by atoms with Crippen molar-refractivity contribution in [1.82, 2.24) is 0 Å². The quantitative estimate of drug-likeness (QED) is 0.740. The molecule has 2 aromatic carbocycles. The number of hydrogen-bond acceptors (Lipinski definition) is 3. The van der Waals surface area contributed by atoms with E-state index < -0.39 is 29.0 Å². The van der Waals surface area contributed by atoms with E-state index in [4.69, 9.17) is 11.5 Å². The second-order valence-corrected chi connectivity index (χ2v) is 4.09. The molecule has 0 atom stereocenters. The minimum atomic E-state index is -1.22. The third-order valence-electron chi connectivity index (χ3n) is 2.49. The minimum absolute atomic E-state index is 0.0330. The van der Waals surface area contributed by atoms with Gasteiger partial charge in [-0.3, -0.25) is 4.79 Å². The highest BCUT2D eigenvalue weighted by Crippen LogP contribution is 2.22. The molecule has 0 aromatic heterocycles. The monoisotopic (exact) mass is 281 g/mol. The largest absolute Gasteiger partial charge is 0.399 e. The van der Waals surface area contributed by atoms with E-state index in [1.807, 2.05) is 5.32 Å². The summed E-state index contributed by atoms with van der Waals surface area (Å²) in [4.78, 5) is 11.9. The summed E-state index contributed by atoms with van der Waals surface area (Å²) in [5.41, 5.74) is 10.8. The van der Waals surface area contributed by atoms with Gasteiger partial charge in [-0.05, 0) is 18.2 Å². The lowest BCUT2D eigenvalue weighted by Crippen LogP contribution is -2.15. The highest BCUT2D eigenvalue weighted by molar-refractivity contribution is 6.05. The van der Waals surface area contributed by atoms with Crippen LogP contribution in [0.4, 0.5) is 30.2 Å². The van der Waals surface area contributed by atoms with Crippen LogP contribution in [-0.2, 0) is 0 Å². The van der Waals surface area contributed by atoms with Gasteiger partial charge in [-0.15, -0.1) is 0 Å². The van der Waals surface area contributed by atoms with E-state index in [1.165, 1.54) is 18.2 Å². The van der Waals surface area contributed by atoms with Crippen LogP contribution in [-0.4, -0.2) is 5.91 Å². The SMILES string of the molecule is Nc1cc(N)cc(C(=O)Nc2c(F)cc(F)cc2F)c1. The molecule has 2 aromatic rings. The average molecular weight is 281 g/mol. The standard InChI is InChI=1S/C13H10F3N3O/c14-7-3-10(15)12(11(16)4-7)19-13(20)6-1-8(17)5-9(18)2-6/h1-5H,17-18H2,(H,19,20). The normalized spacial score (nSPS) is 10.3. The molecule has 0 saturated carbocycles. The van der Waals surface area contributed by atoms with Gasteiger partial charge in [0.05, 0.1) is 0 Å². The molecule has 20 heavy (non-hydrogen) atoms. The molecule has 0 fully saturated rings. The molecule has 0 bridgehead atoms. The Morgan fingerprint density at radius 2 is 1.40 bits per heavy atom. The third-order valence-corrected chi connectivity index (χ3v) is 2.49. The van der Waals surface area contributed by atoms with Crippen LogP contribution in [0.3, 0.4) is 0 Å². The highest BCUT2D eigenvalue weighted by Gasteiger charge is 2.15. The molecule has 4 nitrogen and oxygen atoms in total. The number of carbonyl (C=O) groups is 1. The van der Waals surface area contributed by atoms with Crippen LogP contribution in [0, 0.1) is 17.5 Å². The smallest absolute Gasteiger partial charge is 0.255 e. The summed E-state index contributed by atoms with van der Waals surface area (Å²) in [6.07, 6.45) is 0. The van der Waals surface area contributed by atoms with Crippen LogP contribution in [0.15, 0.2) is 30.3 Å². The first kappa shape index (κ1) is 13.7. The molecule has 0 aliphatic rings. The fraction of sp³-hybridized carbons (Fsp3) is 0. The van der Waals surface area contributed by atoms with Gasteiger partial charge in [-0.25, -0.2) is 13.2 Å². The lowest BCUT2D eigenvalue weighted by Gasteiger charge is -2.09. The number of nitrogen functional groups attached to an aromatic ring is 2. The number of hydrogen-bond donors (Lipinski definition) is 3. The Balaban J connectivity index is 2.32. The van der Waals surface area contributed by atoms with Gasteiger partial charge in [0.15, 0.2) is 11.6 Å². The molecule has 0 unspecified atom stereocenters. The Hall–Kier alpha value is -2.70. The van der Waals surface area contributed by atoms with E-state index in [0.717, 1.165) is 0 Å². The average Bonchev–Trinajstić information content (AvgIpc) is 2.32. The molecule has 2 rings (SSSR count). The number of nitrogens with one attached hydrogen (secondary N) is 1. The van der Waals surface area contributed by atoms with Crippen molar-refractivity contribution >= 4 is 23.0 Å². The van der Waals surface area contributed by atoms with E-state index >= 15 is 0 Å². The van der Waals surface area contributed by atoms with Crippen molar-refractivity contribution in [2.75, 3.05) is 16.8 Å². The molecular weight excluding hydrogens is 271 g/mol. The summed E-state index contributed by atoms with van der Waals surface area (Å²) in [7, 11) is 0. The summed E-state index contributed by atoms with van der Waals surface area (Å²) in [6, 6.07) is 4.95.